The van der Waals surface area contributed by atoms with Crippen molar-refractivity contribution in [2.24, 2.45) is 0 Å². The van der Waals surface area contributed by atoms with E-state index in [4.69, 9.17) is 18.9 Å². The smallest absolute Gasteiger partial charge is 0.338 e. The van der Waals surface area contributed by atoms with Gasteiger partial charge in [0.2, 0.25) is 0 Å². The zero-order valence-corrected chi connectivity index (χ0v) is 15.2. The highest BCUT2D eigenvalue weighted by Gasteiger charge is 2.20. The monoisotopic (exact) mass is 371 g/mol. The number of hydrogen-bond donors (Lipinski definition) is 1. The largest absolute Gasteiger partial charge is 0.496 e. The van der Waals surface area contributed by atoms with E-state index in [1.54, 1.807) is 43.3 Å². The van der Waals surface area contributed by atoms with Crippen LogP contribution in [-0.4, -0.2) is 38.8 Å². The summed E-state index contributed by atoms with van der Waals surface area (Å²) in [4.78, 5) is 24.4. The maximum absolute atomic E-state index is 12.7. The molecule has 1 heterocycles. The zero-order valence-electron chi connectivity index (χ0n) is 15.2. The van der Waals surface area contributed by atoms with Crippen molar-refractivity contribution in [1.29, 1.82) is 0 Å². The van der Waals surface area contributed by atoms with E-state index in [-0.39, 0.29) is 5.91 Å². The molecule has 1 aliphatic heterocycles. The first-order valence-electron chi connectivity index (χ1n) is 8.68. The second-order valence-electron chi connectivity index (χ2n) is 5.80. The molecular formula is C20H21NO6. The van der Waals surface area contributed by atoms with Crippen molar-refractivity contribution in [1.82, 2.24) is 0 Å². The number of carbonyl (C=O) groups excluding carboxylic acids is 2. The van der Waals surface area contributed by atoms with Gasteiger partial charge in [0.05, 0.1) is 38.1 Å². The molecule has 0 bridgehead atoms. The third-order valence-electron chi connectivity index (χ3n) is 3.97. The number of esters is 1. The lowest BCUT2D eigenvalue weighted by molar-refractivity contribution is 0.0526. The molecule has 1 N–H and O–H groups in total. The maximum atomic E-state index is 12.7. The SMILES string of the molecule is CCOC(=O)c1ccc(NC(=O)c2cc3c(cc2OC)OCCCO3)cc1. The molecule has 0 aromatic heterocycles. The van der Waals surface area contributed by atoms with E-state index in [0.29, 0.717) is 53.9 Å². The fourth-order valence-electron chi connectivity index (χ4n) is 2.64. The molecule has 3 rings (SSSR count). The quantitative estimate of drug-likeness (QED) is 0.812. The van der Waals surface area contributed by atoms with Crippen LogP contribution in [-0.2, 0) is 4.74 Å². The molecule has 0 saturated heterocycles. The second kappa shape index (κ2) is 8.44. The van der Waals surface area contributed by atoms with Crippen molar-refractivity contribution in [3.63, 3.8) is 0 Å². The Morgan fingerprint density at radius 3 is 2.37 bits per heavy atom. The van der Waals surface area contributed by atoms with Gasteiger partial charge in [-0.05, 0) is 31.2 Å². The van der Waals surface area contributed by atoms with Gasteiger partial charge in [-0.2, -0.15) is 0 Å². The Morgan fingerprint density at radius 2 is 1.74 bits per heavy atom. The third kappa shape index (κ3) is 4.31. The van der Waals surface area contributed by atoms with Gasteiger partial charge in [0.1, 0.15) is 5.75 Å². The summed E-state index contributed by atoms with van der Waals surface area (Å²) in [6.07, 6.45) is 0.769. The number of nitrogens with one attached hydrogen (secondary N) is 1. The lowest BCUT2D eigenvalue weighted by atomic mass is 10.1. The lowest BCUT2D eigenvalue weighted by Crippen LogP contribution is -2.14. The van der Waals surface area contributed by atoms with Gasteiger partial charge in [-0.3, -0.25) is 4.79 Å². The number of rotatable bonds is 5. The number of hydrogen-bond acceptors (Lipinski definition) is 6. The average Bonchev–Trinajstić information content (AvgIpc) is 2.92. The molecule has 2 aromatic rings. The second-order valence-corrected chi connectivity index (χ2v) is 5.80. The molecular weight excluding hydrogens is 350 g/mol. The van der Waals surface area contributed by atoms with E-state index in [2.05, 4.69) is 5.32 Å². The van der Waals surface area contributed by atoms with Crippen LogP contribution in [0, 0.1) is 0 Å². The molecule has 2 aromatic carbocycles. The van der Waals surface area contributed by atoms with Crippen LogP contribution in [0.3, 0.4) is 0 Å². The molecule has 0 unspecified atom stereocenters. The summed E-state index contributed by atoms with van der Waals surface area (Å²) in [5.41, 5.74) is 1.29. The Balaban J connectivity index is 1.79. The Hall–Kier alpha value is -3.22. The standard InChI is InChI=1S/C20H21NO6/c1-3-25-20(23)13-5-7-14(8-6-13)21-19(22)15-11-17-18(12-16(15)24-2)27-10-4-9-26-17/h5-8,11-12H,3-4,9-10H2,1-2H3,(H,21,22). The van der Waals surface area contributed by atoms with Gasteiger partial charge >= 0.3 is 5.97 Å². The molecule has 1 amide bonds. The van der Waals surface area contributed by atoms with E-state index in [1.165, 1.54) is 7.11 Å². The lowest BCUT2D eigenvalue weighted by Gasteiger charge is -2.14. The van der Waals surface area contributed by atoms with Crippen LogP contribution in [0.4, 0.5) is 5.69 Å². The molecule has 142 valence electrons. The first-order chi connectivity index (χ1) is 13.1. The Morgan fingerprint density at radius 1 is 1.07 bits per heavy atom. The number of methoxy groups -OCH3 is 1. The fraction of sp³-hybridized carbons (Fsp3) is 0.300. The summed E-state index contributed by atoms with van der Waals surface area (Å²) >= 11 is 0. The average molecular weight is 371 g/mol. The zero-order chi connectivity index (χ0) is 19.2. The molecule has 7 heteroatoms. The molecule has 0 saturated carbocycles. The van der Waals surface area contributed by atoms with Crippen molar-refractivity contribution < 1.29 is 28.5 Å². The summed E-state index contributed by atoms with van der Waals surface area (Å²) in [5, 5.41) is 2.79. The van der Waals surface area contributed by atoms with Crippen molar-refractivity contribution >= 4 is 17.6 Å². The van der Waals surface area contributed by atoms with Crippen molar-refractivity contribution in [2.75, 3.05) is 32.2 Å². The van der Waals surface area contributed by atoms with Crippen LogP contribution < -0.4 is 19.5 Å². The number of carbonyl (C=O) groups is 2. The predicted molar refractivity (Wildman–Crippen MR) is 99.0 cm³/mol. The number of fused-ring (bicyclic) bond motifs is 1. The minimum absolute atomic E-state index is 0.307. The van der Waals surface area contributed by atoms with Gasteiger partial charge in [0.25, 0.3) is 5.91 Å². The van der Waals surface area contributed by atoms with Crippen LogP contribution in [0.25, 0.3) is 0 Å². The maximum Gasteiger partial charge on any atom is 0.338 e. The van der Waals surface area contributed by atoms with Gasteiger partial charge in [0, 0.05) is 24.2 Å². The topological polar surface area (TPSA) is 83.1 Å². The van der Waals surface area contributed by atoms with E-state index >= 15 is 0 Å². The number of ether oxygens (including phenoxy) is 4. The number of anilines is 1. The third-order valence-corrected chi connectivity index (χ3v) is 3.97. The molecule has 0 atom stereocenters. The van der Waals surface area contributed by atoms with Gasteiger partial charge < -0.3 is 24.3 Å². The Kier molecular flexibility index (Phi) is 5.80. The normalized spacial score (nSPS) is 12.7. The highest BCUT2D eigenvalue weighted by molar-refractivity contribution is 6.07. The van der Waals surface area contributed by atoms with Crippen LogP contribution in [0.15, 0.2) is 36.4 Å². The van der Waals surface area contributed by atoms with Crippen LogP contribution in [0.1, 0.15) is 34.1 Å². The molecule has 0 aliphatic carbocycles. The van der Waals surface area contributed by atoms with Crippen molar-refractivity contribution in [3.8, 4) is 17.2 Å². The summed E-state index contributed by atoms with van der Waals surface area (Å²) in [5.74, 6) is 0.696. The van der Waals surface area contributed by atoms with Gasteiger partial charge in [-0.25, -0.2) is 4.79 Å². The highest BCUT2D eigenvalue weighted by atomic mass is 16.5. The molecule has 7 nitrogen and oxygen atoms in total. The van der Waals surface area contributed by atoms with Crippen LogP contribution in [0.2, 0.25) is 0 Å². The summed E-state index contributed by atoms with van der Waals surface area (Å²) in [6.45, 7) is 3.13. The van der Waals surface area contributed by atoms with Crippen LogP contribution >= 0.6 is 0 Å². The summed E-state index contributed by atoms with van der Waals surface area (Å²) in [6, 6.07) is 9.73. The minimum Gasteiger partial charge on any atom is -0.496 e. The van der Waals surface area contributed by atoms with Gasteiger partial charge in [0.15, 0.2) is 11.5 Å². The van der Waals surface area contributed by atoms with Crippen molar-refractivity contribution in [2.45, 2.75) is 13.3 Å². The number of benzene rings is 2. The Labute approximate surface area is 157 Å². The van der Waals surface area contributed by atoms with Gasteiger partial charge in [-0.1, -0.05) is 0 Å². The molecule has 0 radical (unpaired) electrons. The first kappa shape index (κ1) is 18.6. The molecule has 1 aliphatic rings. The van der Waals surface area contributed by atoms with E-state index in [1.807, 2.05) is 0 Å². The highest BCUT2D eigenvalue weighted by Crippen LogP contribution is 2.36. The van der Waals surface area contributed by atoms with Crippen LogP contribution in [0.5, 0.6) is 17.2 Å². The minimum atomic E-state index is -0.403. The Bertz CT molecular complexity index is 831. The summed E-state index contributed by atoms with van der Waals surface area (Å²) in [7, 11) is 1.49. The first-order valence-corrected chi connectivity index (χ1v) is 8.68. The van der Waals surface area contributed by atoms with E-state index in [9.17, 15) is 9.59 Å². The summed E-state index contributed by atoms with van der Waals surface area (Å²) < 4.78 is 21.5. The van der Waals surface area contributed by atoms with E-state index < -0.39 is 5.97 Å². The molecule has 0 fully saturated rings. The van der Waals surface area contributed by atoms with Crippen molar-refractivity contribution in [3.05, 3.63) is 47.5 Å². The fourth-order valence-corrected chi connectivity index (χ4v) is 2.64. The van der Waals surface area contributed by atoms with Gasteiger partial charge in [-0.15, -0.1) is 0 Å². The van der Waals surface area contributed by atoms with E-state index in [0.717, 1.165) is 6.42 Å². The molecule has 0 spiro atoms. The number of amides is 1. The predicted octanol–water partition coefficient (Wildman–Crippen LogP) is 3.29. The molecule has 27 heavy (non-hydrogen) atoms.